The summed E-state index contributed by atoms with van der Waals surface area (Å²) in [5, 5.41) is 2.65. The van der Waals surface area contributed by atoms with Crippen LogP contribution in [-0.2, 0) is 32.2 Å². The summed E-state index contributed by atoms with van der Waals surface area (Å²) in [6.07, 6.45) is 0.645. The highest BCUT2D eigenvalue weighted by Crippen LogP contribution is 2.30. The first-order chi connectivity index (χ1) is 15.8. The maximum atomic E-state index is 12.9. The molecule has 0 saturated carbocycles. The molecule has 2 aliphatic heterocycles. The number of ether oxygens (including phenoxy) is 4. The third-order valence-electron chi connectivity index (χ3n) is 5.41. The van der Waals surface area contributed by atoms with E-state index in [2.05, 4.69) is 5.32 Å². The van der Waals surface area contributed by atoms with Crippen LogP contribution in [0.25, 0.3) is 0 Å². The average molecular weight is 453 g/mol. The number of carbonyl (C=O) groups is 2. The number of benzene rings is 2. The zero-order valence-electron chi connectivity index (χ0n) is 18.9. The molecule has 1 N–H and O–H groups in total. The van der Waals surface area contributed by atoms with Gasteiger partial charge in [-0.15, -0.1) is 0 Å². The minimum Gasteiger partial charge on any atom is -0.497 e. The monoisotopic (exact) mass is 452 g/mol. The van der Waals surface area contributed by atoms with Crippen LogP contribution in [0.15, 0.2) is 66.4 Å². The summed E-state index contributed by atoms with van der Waals surface area (Å²) in [6, 6.07) is 16.6. The van der Waals surface area contributed by atoms with E-state index in [9.17, 15) is 9.59 Å². The minimum atomic E-state index is -0.836. The van der Waals surface area contributed by atoms with Crippen molar-refractivity contribution in [2.75, 3.05) is 13.7 Å². The Morgan fingerprint density at radius 3 is 2.45 bits per heavy atom. The van der Waals surface area contributed by atoms with Gasteiger partial charge in [0.15, 0.2) is 5.79 Å². The van der Waals surface area contributed by atoms with Gasteiger partial charge in [-0.05, 0) is 43.2 Å². The molecule has 0 radical (unpaired) electrons. The lowest BCUT2D eigenvalue weighted by Crippen LogP contribution is -2.30. The summed E-state index contributed by atoms with van der Waals surface area (Å²) in [7, 11) is 1.58. The number of carbonyl (C=O) groups excluding carboxylic acids is 2. The lowest BCUT2D eigenvalue weighted by molar-refractivity contribution is -0.149. The Balaban J connectivity index is 1.41. The van der Waals surface area contributed by atoms with Gasteiger partial charge in [-0.3, -0.25) is 9.69 Å². The zero-order valence-corrected chi connectivity index (χ0v) is 18.9. The zero-order chi connectivity index (χ0) is 23.4. The number of methoxy groups -OCH3 is 1. The molecule has 2 heterocycles. The molecular formula is C25H28N2O6. The molecule has 174 valence electrons. The van der Waals surface area contributed by atoms with Crippen LogP contribution >= 0.6 is 0 Å². The quantitative estimate of drug-likeness (QED) is 0.488. The van der Waals surface area contributed by atoms with Crippen molar-refractivity contribution in [2.24, 2.45) is 0 Å². The second kappa shape index (κ2) is 9.74. The molecule has 2 aromatic rings. The Labute approximate surface area is 193 Å². The summed E-state index contributed by atoms with van der Waals surface area (Å²) in [6.45, 7) is 4.49. The molecule has 3 amide bonds. The molecule has 8 heteroatoms. The number of amides is 3. The molecule has 0 aromatic heterocycles. The first kappa shape index (κ1) is 23.0. The van der Waals surface area contributed by atoms with Crippen LogP contribution in [-0.4, -0.2) is 48.5 Å². The number of urea groups is 1. The molecular weight excluding hydrogens is 424 g/mol. The maximum Gasteiger partial charge on any atom is 0.329 e. The molecule has 4 rings (SSSR count). The summed E-state index contributed by atoms with van der Waals surface area (Å²) in [5.74, 6) is -0.539. The van der Waals surface area contributed by atoms with E-state index in [0.717, 1.165) is 16.0 Å². The van der Waals surface area contributed by atoms with E-state index in [4.69, 9.17) is 18.9 Å². The summed E-state index contributed by atoms with van der Waals surface area (Å²) in [5.41, 5.74) is 2.04. The lowest BCUT2D eigenvalue weighted by atomic mass is 10.1. The Kier molecular flexibility index (Phi) is 6.78. The SMILES string of the molecule is COc1ccc(CN2C(=O)NC(=C[C@H]3OC(C)(C)O[C@@H]3COCc3ccccc3)C2=O)cc1. The number of imide groups is 1. The first-order valence-corrected chi connectivity index (χ1v) is 10.8. The van der Waals surface area contributed by atoms with Crippen molar-refractivity contribution in [3.05, 3.63) is 77.5 Å². The average Bonchev–Trinajstić information content (AvgIpc) is 3.24. The molecule has 0 bridgehead atoms. The Hall–Kier alpha value is -3.20. The van der Waals surface area contributed by atoms with Crippen LogP contribution in [0.4, 0.5) is 4.79 Å². The molecule has 0 unspecified atom stereocenters. The molecule has 2 aromatic carbocycles. The van der Waals surface area contributed by atoms with Crippen molar-refractivity contribution in [2.45, 2.75) is 45.0 Å². The predicted octanol–water partition coefficient (Wildman–Crippen LogP) is 3.37. The molecule has 0 spiro atoms. The van der Waals surface area contributed by atoms with Gasteiger partial charge in [0.1, 0.15) is 23.7 Å². The van der Waals surface area contributed by atoms with E-state index in [0.29, 0.717) is 12.4 Å². The van der Waals surface area contributed by atoms with Crippen molar-refractivity contribution in [3.8, 4) is 5.75 Å². The number of nitrogens with one attached hydrogen (secondary N) is 1. The lowest BCUT2D eigenvalue weighted by Gasteiger charge is -2.16. The fourth-order valence-electron chi connectivity index (χ4n) is 3.81. The van der Waals surface area contributed by atoms with Crippen molar-refractivity contribution >= 4 is 11.9 Å². The van der Waals surface area contributed by atoms with E-state index < -0.39 is 29.9 Å². The molecule has 8 nitrogen and oxygen atoms in total. The fraction of sp³-hybridized carbons (Fsp3) is 0.360. The van der Waals surface area contributed by atoms with E-state index in [1.807, 2.05) is 42.5 Å². The fourth-order valence-corrected chi connectivity index (χ4v) is 3.81. The Morgan fingerprint density at radius 1 is 1.03 bits per heavy atom. The highest BCUT2D eigenvalue weighted by Gasteiger charge is 2.42. The van der Waals surface area contributed by atoms with Crippen LogP contribution < -0.4 is 10.1 Å². The van der Waals surface area contributed by atoms with Crippen LogP contribution in [0.5, 0.6) is 5.75 Å². The smallest absolute Gasteiger partial charge is 0.329 e. The second-order valence-electron chi connectivity index (χ2n) is 8.39. The summed E-state index contributed by atoms with van der Waals surface area (Å²) in [4.78, 5) is 26.5. The Morgan fingerprint density at radius 2 is 1.76 bits per heavy atom. The normalized spacial score (nSPS) is 23.2. The largest absolute Gasteiger partial charge is 0.497 e. The Bertz CT molecular complexity index is 1020. The highest BCUT2D eigenvalue weighted by atomic mass is 16.8. The summed E-state index contributed by atoms with van der Waals surface area (Å²) < 4.78 is 22.9. The topological polar surface area (TPSA) is 86.3 Å². The van der Waals surface area contributed by atoms with Gasteiger partial charge in [0.05, 0.1) is 26.9 Å². The van der Waals surface area contributed by atoms with Gasteiger partial charge in [-0.1, -0.05) is 42.5 Å². The maximum absolute atomic E-state index is 12.9. The van der Waals surface area contributed by atoms with Gasteiger partial charge in [0, 0.05) is 0 Å². The molecule has 33 heavy (non-hydrogen) atoms. The third-order valence-corrected chi connectivity index (χ3v) is 5.41. The van der Waals surface area contributed by atoms with Crippen LogP contribution in [0.1, 0.15) is 25.0 Å². The van der Waals surface area contributed by atoms with Crippen molar-refractivity contribution < 1.29 is 28.5 Å². The van der Waals surface area contributed by atoms with Gasteiger partial charge in [0.25, 0.3) is 5.91 Å². The van der Waals surface area contributed by atoms with Gasteiger partial charge in [-0.2, -0.15) is 0 Å². The molecule has 2 aliphatic rings. The van der Waals surface area contributed by atoms with Crippen molar-refractivity contribution in [3.63, 3.8) is 0 Å². The van der Waals surface area contributed by atoms with Gasteiger partial charge in [0.2, 0.25) is 0 Å². The van der Waals surface area contributed by atoms with E-state index >= 15 is 0 Å². The number of hydrogen-bond donors (Lipinski definition) is 1. The number of hydrogen-bond acceptors (Lipinski definition) is 6. The van der Waals surface area contributed by atoms with Crippen molar-refractivity contribution in [1.29, 1.82) is 0 Å². The highest BCUT2D eigenvalue weighted by molar-refractivity contribution is 6.11. The van der Waals surface area contributed by atoms with E-state index in [1.165, 1.54) is 0 Å². The first-order valence-electron chi connectivity index (χ1n) is 10.8. The summed E-state index contributed by atoms with van der Waals surface area (Å²) >= 11 is 0. The van der Waals surface area contributed by atoms with E-state index in [-0.39, 0.29) is 18.8 Å². The molecule has 2 saturated heterocycles. The van der Waals surface area contributed by atoms with Crippen molar-refractivity contribution in [1.82, 2.24) is 10.2 Å². The minimum absolute atomic E-state index is 0.156. The van der Waals surface area contributed by atoms with Crippen LogP contribution in [0, 0.1) is 0 Å². The van der Waals surface area contributed by atoms with Crippen LogP contribution in [0.2, 0.25) is 0 Å². The molecule has 0 aliphatic carbocycles. The van der Waals surface area contributed by atoms with E-state index in [1.54, 1.807) is 39.2 Å². The third kappa shape index (κ3) is 5.60. The number of rotatable bonds is 8. The predicted molar refractivity (Wildman–Crippen MR) is 120 cm³/mol. The molecule has 2 atom stereocenters. The van der Waals surface area contributed by atoms with Crippen LogP contribution in [0.3, 0.4) is 0 Å². The number of nitrogens with zero attached hydrogens (tertiary/aromatic N) is 1. The van der Waals surface area contributed by atoms with Gasteiger partial charge >= 0.3 is 6.03 Å². The molecule has 2 fully saturated rings. The second-order valence-corrected chi connectivity index (χ2v) is 8.39. The standard InChI is InChI=1S/C25H28N2O6/c1-25(2)32-21(22(33-25)16-31-15-18-7-5-4-6-8-18)13-20-23(28)27(24(29)26-20)14-17-9-11-19(30-3)12-10-17/h4-13,21-22H,14-16H2,1-3H3,(H,26,29)/t21-,22-/m1/s1. The van der Waals surface area contributed by atoms with Gasteiger partial charge in [-0.25, -0.2) is 4.79 Å². The van der Waals surface area contributed by atoms with Gasteiger partial charge < -0.3 is 24.3 Å².